The minimum atomic E-state index is -0.373. The molecule has 0 aliphatic heterocycles. The first kappa shape index (κ1) is 36.4. The first-order chi connectivity index (χ1) is 20.5. The molecule has 0 radical (unpaired) electrons. The molecule has 0 saturated heterocycles. The maximum atomic E-state index is 12.2. The summed E-state index contributed by atoms with van der Waals surface area (Å²) in [4.78, 5) is 48.3. The maximum Gasteiger partial charge on any atom is 0.202 e. The first-order valence-electron chi connectivity index (χ1n) is 15.5. The number of hydrogen-bond donors (Lipinski definition) is 0. The minimum absolute atomic E-state index is 0.0387. The summed E-state index contributed by atoms with van der Waals surface area (Å²) < 4.78 is 0. The van der Waals surface area contributed by atoms with Gasteiger partial charge in [0.2, 0.25) is 11.6 Å². The number of Topliss-reactive ketones (excluding diaryl/α,β-unsaturated/α-hetero) is 4. The van der Waals surface area contributed by atoms with Crippen molar-refractivity contribution in [3.8, 4) is 11.8 Å². The maximum absolute atomic E-state index is 12.2. The minimum Gasteiger partial charge on any atom is -0.291 e. The van der Waals surface area contributed by atoms with Crippen LogP contribution in [0.3, 0.4) is 0 Å². The van der Waals surface area contributed by atoms with Crippen LogP contribution in [-0.2, 0) is 19.2 Å². The van der Waals surface area contributed by atoms with E-state index in [1.807, 2.05) is 122 Å². The van der Waals surface area contributed by atoms with E-state index in [2.05, 4.69) is 31.8 Å². The Kier molecular flexibility index (Phi) is 13.0. The fraction of sp³-hybridized carbons (Fsp3) is 0.450. The van der Waals surface area contributed by atoms with Crippen LogP contribution in [0.5, 0.6) is 0 Å². The van der Waals surface area contributed by atoms with Crippen molar-refractivity contribution in [3.05, 3.63) is 95.2 Å². The van der Waals surface area contributed by atoms with Crippen LogP contribution in [0.4, 0.5) is 0 Å². The molecule has 2 aliphatic carbocycles. The van der Waals surface area contributed by atoms with Crippen LogP contribution in [-0.4, -0.2) is 23.1 Å². The zero-order valence-corrected chi connectivity index (χ0v) is 28.3. The quantitative estimate of drug-likeness (QED) is 0.160. The highest BCUT2D eigenvalue weighted by Gasteiger charge is 2.45. The Morgan fingerprint density at radius 1 is 0.636 bits per heavy atom. The van der Waals surface area contributed by atoms with Gasteiger partial charge in [-0.2, -0.15) is 0 Å². The predicted molar refractivity (Wildman–Crippen MR) is 181 cm³/mol. The molecule has 0 amide bonds. The van der Waals surface area contributed by atoms with E-state index in [1.54, 1.807) is 0 Å². The second kappa shape index (κ2) is 15.8. The fourth-order valence-corrected chi connectivity index (χ4v) is 5.92. The van der Waals surface area contributed by atoms with Crippen LogP contribution >= 0.6 is 0 Å². The number of carbonyl (C=O) groups excluding carboxylic acids is 4. The average molecular weight is 595 g/mol. The number of carbonyl (C=O) groups is 4. The molecule has 0 aromatic heterocycles. The van der Waals surface area contributed by atoms with E-state index in [0.29, 0.717) is 6.42 Å². The van der Waals surface area contributed by atoms with Crippen LogP contribution in [0.25, 0.3) is 0 Å². The van der Waals surface area contributed by atoms with Crippen molar-refractivity contribution in [3.63, 3.8) is 0 Å². The fourth-order valence-electron chi connectivity index (χ4n) is 5.92. The molecule has 2 saturated carbocycles. The van der Waals surface area contributed by atoms with Crippen LogP contribution in [0.1, 0.15) is 82.1 Å². The smallest absolute Gasteiger partial charge is 0.202 e. The first-order valence-corrected chi connectivity index (χ1v) is 15.5. The normalized spacial score (nSPS) is 27.2. The van der Waals surface area contributed by atoms with E-state index in [-0.39, 0.29) is 64.1 Å². The topological polar surface area (TPSA) is 68.3 Å². The SMILES string of the molecule is C\C(C#CC1C(C)C(=O)C(=O)CC1(C)C)=C/C=C/C(C)=C/C=C/C=C(C)/C=C/C=C(C)/C=C/C1C(C)C(=O)C(=O)CC1(C)C. The molecule has 0 aromatic carbocycles. The summed E-state index contributed by atoms with van der Waals surface area (Å²) in [5.74, 6) is 4.60. The van der Waals surface area contributed by atoms with Crippen molar-refractivity contribution >= 4 is 23.1 Å². The summed E-state index contributed by atoms with van der Waals surface area (Å²) in [6, 6.07) is 0. The molecule has 4 nitrogen and oxygen atoms in total. The van der Waals surface area contributed by atoms with Crippen LogP contribution < -0.4 is 0 Å². The van der Waals surface area contributed by atoms with Gasteiger partial charge in [-0.1, -0.05) is 143 Å². The highest BCUT2D eigenvalue weighted by molar-refractivity contribution is 6.39. The predicted octanol–water partition coefficient (Wildman–Crippen LogP) is 8.64. The molecule has 0 bridgehead atoms. The zero-order valence-electron chi connectivity index (χ0n) is 28.3. The highest BCUT2D eigenvalue weighted by Crippen LogP contribution is 2.42. The molecule has 2 aliphatic rings. The van der Waals surface area contributed by atoms with E-state index >= 15 is 0 Å². The molecule has 234 valence electrons. The standard InChI is InChI=1S/C40H50O4/c1-27(17-13-19-29(3)21-23-33-31(5)37(43)35(41)25-39(33,7)8)15-11-12-16-28(2)18-14-20-30(4)22-24-34-32(6)38(44)36(42)26-40(34,9)10/h11-21,23,31-34H,25-26H2,1-10H3/b12-11+,17-13+,18-14+,23-21+,27-15+,28-16+,29-19+,30-20+. The lowest BCUT2D eigenvalue weighted by atomic mass is 9.63. The van der Waals surface area contributed by atoms with Gasteiger partial charge in [-0.25, -0.2) is 0 Å². The monoisotopic (exact) mass is 594 g/mol. The van der Waals surface area contributed by atoms with Crippen molar-refractivity contribution in [1.29, 1.82) is 0 Å². The van der Waals surface area contributed by atoms with Crippen molar-refractivity contribution in [2.45, 2.75) is 82.1 Å². The zero-order chi connectivity index (χ0) is 33.2. The highest BCUT2D eigenvalue weighted by atomic mass is 16.2. The number of ketones is 4. The Balaban J connectivity index is 1.92. The lowest BCUT2D eigenvalue weighted by molar-refractivity contribution is -0.145. The second-order valence-corrected chi connectivity index (χ2v) is 13.8. The summed E-state index contributed by atoms with van der Waals surface area (Å²) in [6.45, 7) is 19.8. The molecule has 44 heavy (non-hydrogen) atoms. The van der Waals surface area contributed by atoms with E-state index in [0.717, 1.165) is 22.3 Å². The van der Waals surface area contributed by atoms with Crippen molar-refractivity contribution in [2.75, 3.05) is 0 Å². The van der Waals surface area contributed by atoms with Crippen LogP contribution in [0, 0.1) is 46.3 Å². The van der Waals surface area contributed by atoms with E-state index in [4.69, 9.17) is 0 Å². The summed E-state index contributed by atoms with van der Waals surface area (Å²) >= 11 is 0. The molecule has 4 unspecified atom stereocenters. The second-order valence-electron chi connectivity index (χ2n) is 13.8. The Bertz CT molecular complexity index is 1450. The molecular weight excluding hydrogens is 544 g/mol. The molecule has 2 fully saturated rings. The van der Waals surface area contributed by atoms with Crippen LogP contribution in [0.2, 0.25) is 0 Å². The molecule has 0 heterocycles. The van der Waals surface area contributed by atoms with E-state index in [1.165, 1.54) is 0 Å². The molecule has 4 heteroatoms. The van der Waals surface area contributed by atoms with Gasteiger partial charge < -0.3 is 0 Å². The Morgan fingerprint density at radius 2 is 1.09 bits per heavy atom. The molecule has 0 aromatic rings. The Morgan fingerprint density at radius 3 is 1.66 bits per heavy atom. The van der Waals surface area contributed by atoms with Gasteiger partial charge >= 0.3 is 0 Å². The lowest BCUT2D eigenvalue weighted by Gasteiger charge is -2.39. The van der Waals surface area contributed by atoms with E-state index in [9.17, 15) is 19.2 Å². The van der Waals surface area contributed by atoms with Gasteiger partial charge in [0.25, 0.3) is 0 Å². The van der Waals surface area contributed by atoms with Gasteiger partial charge in [-0.15, -0.1) is 0 Å². The third-order valence-corrected chi connectivity index (χ3v) is 8.64. The third kappa shape index (κ3) is 10.4. The van der Waals surface area contributed by atoms with Gasteiger partial charge in [0.05, 0.1) is 0 Å². The number of hydrogen-bond acceptors (Lipinski definition) is 4. The molecule has 2 rings (SSSR count). The largest absolute Gasteiger partial charge is 0.291 e. The van der Waals surface area contributed by atoms with Gasteiger partial charge in [-0.3, -0.25) is 19.2 Å². The number of allylic oxidation sites excluding steroid dienone is 16. The Hall–Kier alpha value is -3.84. The average Bonchev–Trinajstić information content (AvgIpc) is 2.92. The molecule has 0 spiro atoms. The summed E-state index contributed by atoms with van der Waals surface area (Å²) in [5.41, 5.74) is 3.65. The summed E-state index contributed by atoms with van der Waals surface area (Å²) in [7, 11) is 0. The molecule has 4 atom stereocenters. The Labute approximate surface area is 265 Å². The number of rotatable bonds is 8. The summed E-state index contributed by atoms with van der Waals surface area (Å²) in [6.07, 6.45) is 24.8. The van der Waals surface area contributed by atoms with Gasteiger partial charge in [0.1, 0.15) is 0 Å². The van der Waals surface area contributed by atoms with Gasteiger partial charge in [-0.05, 0) is 50.0 Å². The van der Waals surface area contributed by atoms with Crippen LogP contribution in [0.15, 0.2) is 95.2 Å². The summed E-state index contributed by atoms with van der Waals surface area (Å²) in [5, 5.41) is 0. The molecular formula is C40H50O4. The lowest BCUT2D eigenvalue weighted by Crippen LogP contribution is -2.43. The molecule has 0 N–H and O–H groups in total. The van der Waals surface area contributed by atoms with Crippen molar-refractivity contribution in [1.82, 2.24) is 0 Å². The van der Waals surface area contributed by atoms with Crippen molar-refractivity contribution in [2.24, 2.45) is 34.5 Å². The van der Waals surface area contributed by atoms with Crippen molar-refractivity contribution < 1.29 is 19.2 Å². The third-order valence-electron chi connectivity index (χ3n) is 8.64. The van der Waals surface area contributed by atoms with E-state index < -0.39 is 0 Å². The van der Waals surface area contributed by atoms with Gasteiger partial charge in [0, 0.05) is 30.6 Å². The van der Waals surface area contributed by atoms with Gasteiger partial charge in [0.15, 0.2) is 11.6 Å².